The molecule has 0 aromatic heterocycles. The summed E-state index contributed by atoms with van der Waals surface area (Å²) in [5.41, 5.74) is 0.492. The maximum Gasteiger partial charge on any atom is 0.263 e. The molecule has 0 radical (unpaired) electrons. The minimum Gasteiger partial charge on any atom is -0.354 e. The Bertz CT molecular complexity index is 827. The summed E-state index contributed by atoms with van der Waals surface area (Å²) in [5.74, 6) is 0.241. The van der Waals surface area contributed by atoms with E-state index in [1.54, 1.807) is 24.3 Å². The Morgan fingerprint density at radius 3 is 2.67 bits per heavy atom. The average Bonchev–Trinajstić information content (AvgIpc) is 2.92. The van der Waals surface area contributed by atoms with Gasteiger partial charge in [-0.15, -0.1) is 0 Å². The number of hydrogen-bond acceptors (Lipinski definition) is 5. The second-order valence-corrected chi connectivity index (χ2v) is 9.37. The zero-order chi connectivity index (χ0) is 19.5. The fourth-order valence-electron chi connectivity index (χ4n) is 3.53. The van der Waals surface area contributed by atoms with Gasteiger partial charge in [0.2, 0.25) is 5.91 Å². The van der Waals surface area contributed by atoms with E-state index in [0.29, 0.717) is 17.9 Å². The molecule has 0 unspecified atom stereocenters. The number of carbonyl (C=O) groups is 1. The fourth-order valence-corrected chi connectivity index (χ4v) is 4.79. The third kappa shape index (κ3) is 4.68. The van der Waals surface area contributed by atoms with Crippen LogP contribution in [0.2, 0.25) is 0 Å². The summed E-state index contributed by atoms with van der Waals surface area (Å²) in [7, 11) is -3.53. The Morgan fingerprint density at radius 1 is 1.22 bits per heavy atom. The normalized spacial score (nSPS) is 20.9. The van der Waals surface area contributed by atoms with E-state index in [9.17, 15) is 13.2 Å². The highest BCUT2D eigenvalue weighted by Gasteiger charge is 2.30. The van der Waals surface area contributed by atoms with Crippen LogP contribution in [0.4, 0.5) is 0 Å². The van der Waals surface area contributed by atoms with Gasteiger partial charge < -0.3 is 5.32 Å². The van der Waals surface area contributed by atoms with Crippen LogP contribution in [0.1, 0.15) is 45.1 Å². The lowest BCUT2D eigenvalue weighted by molar-refractivity contribution is -0.121. The van der Waals surface area contributed by atoms with E-state index in [-0.39, 0.29) is 29.3 Å². The molecule has 8 heteroatoms. The Labute approximate surface area is 161 Å². The third-order valence-corrected chi connectivity index (χ3v) is 6.60. The number of amidine groups is 1. The molecular formula is C19H28N4O3S. The lowest BCUT2D eigenvalue weighted by atomic mass is 9.98. The van der Waals surface area contributed by atoms with Crippen molar-refractivity contribution in [3.63, 3.8) is 0 Å². The Kier molecular flexibility index (Phi) is 5.86. The molecule has 1 amide bonds. The molecule has 2 heterocycles. The van der Waals surface area contributed by atoms with E-state index in [0.717, 1.165) is 13.1 Å². The Morgan fingerprint density at radius 2 is 1.93 bits per heavy atom. The molecular weight excluding hydrogens is 364 g/mol. The van der Waals surface area contributed by atoms with Crippen LogP contribution in [-0.4, -0.2) is 56.8 Å². The lowest BCUT2D eigenvalue weighted by Gasteiger charge is -2.41. The summed E-state index contributed by atoms with van der Waals surface area (Å²) in [5, 5.41) is 2.99. The van der Waals surface area contributed by atoms with E-state index in [4.69, 9.17) is 0 Å². The van der Waals surface area contributed by atoms with Crippen LogP contribution < -0.4 is 10.0 Å². The summed E-state index contributed by atoms with van der Waals surface area (Å²) in [6, 6.07) is 6.72. The van der Waals surface area contributed by atoms with Gasteiger partial charge in [-0.05, 0) is 51.9 Å². The first-order chi connectivity index (χ1) is 12.8. The van der Waals surface area contributed by atoms with Crippen molar-refractivity contribution in [3.05, 3.63) is 29.8 Å². The number of piperidine rings is 1. The molecule has 0 atom stereocenters. The van der Waals surface area contributed by atoms with Crippen LogP contribution in [0.5, 0.6) is 0 Å². The summed E-state index contributed by atoms with van der Waals surface area (Å²) < 4.78 is 26.5. The molecule has 1 saturated heterocycles. The SMILES string of the molecule is CC(C)(CNC(=O)CCN=C1NS(=O)(=O)c2ccccc21)N1CCCCC1. The summed E-state index contributed by atoms with van der Waals surface area (Å²) in [4.78, 5) is 19.1. The minimum atomic E-state index is -3.53. The maximum absolute atomic E-state index is 12.2. The first-order valence-electron chi connectivity index (χ1n) is 9.48. The van der Waals surface area contributed by atoms with Gasteiger partial charge in [-0.1, -0.05) is 18.6 Å². The fraction of sp³-hybridized carbons (Fsp3) is 0.579. The predicted octanol–water partition coefficient (Wildman–Crippen LogP) is 1.50. The van der Waals surface area contributed by atoms with Gasteiger partial charge in [0.1, 0.15) is 5.84 Å². The highest BCUT2D eigenvalue weighted by molar-refractivity contribution is 7.90. The van der Waals surface area contributed by atoms with E-state index < -0.39 is 10.0 Å². The largest absolute Gasteiger partial charge is 0.354 e. The van der Waals surface area contributed by atoms with E-state index in [1.165, 1.54) is 19.3 Å². The van der Waals surface area contributed by atoms with Crippen molar-refractivity contribution >= 4 is 21.8 Å². The van der Waals surface area contributed by atoms with Gasteiger partial charge in [0.15, 0.2) is 0 Å². The molecule has 7 nitrogen and oxygen atoms in total. The van der Waals surface area contributed by atoms with Gasteiger partial charge in [-0.25, -0.2) is 8.42 Å². The number of rotatable bonds is 6. The van der Waals surface area contributed by atoms with Gasteiger partial charge >= 0.3 is 0 Å². The molecule has 2 aliphatic rings. The molecule has 1 aromatic rings. The summed E-state index contributed by atoms with van der Waals surface area (Å²) in [6.07, 6.45) is 3.94. The number of carbonyl (C=O) groups excluding carboxylic acids is 1. The van der Waals surface area contributed by atoms with Gasteiger partial charge in [0.25, 0.3) is 10.0 Å². The number of nitrogens with one attached hydrogen (secondary N) is 2. The molecule has 3 rings (SSSR count). The van der Waals surface area contributed by atoms with E-state index in [2.05, 4.69) is 33.8 Å². The number of amides is 1. The van der Waals surface area contributed by atoms with Crippen molar-refractivity contribution in [3.8, 4) is 0 Å². The minimum absolute atomic E-state index is 0.0675. The maximum atomic E-state index is 12.2. The number of nitrogens with zero attached hydrogens (tertiary/aromatic N) is 2. The second kappa shape index (κ2) is 7.98. The Hall–Kier alpha value is -1.93. The van der Waals surface area contributed by atoms with Crippen molar-refractivity contribution in [2.45, 2.75) is 50.0 Å². The smallest absolute Gasteiger partial charge is 0.263 e. The zero-order valence-corrected chi connectivity index (χ0v) is 16.8. The zero-order valence-electron chi connectivity index (χ0n) is 16.0. The van der Waals surface area contributed by atoms with Gasteiger partial charge in [-0.3, -0.25) is 19.4 Å². The molecule has 0 aliphatic carbocycles. The van der Waals surface area contributed by atoms with Crippen molar-refractivity contribution in [1.82, 2.24) is 14.9 Å². The molecule has 27 heavy (non-hydrogen) atoms. The number of fused-ring (bicyclic) bond motifs is 1. The first kappa shape index (κ1) is 19.8. The molecule has 0 bridgehead atoms. The molecule has 148 valence electrons. The highest BCUT2D eigenvalue weighted by atomic mass is 32.2. The van der Waals surface area contributed by atoms with Gasteiger partial charge in [0, 0.05) is 24.1 Å². The van der Waals surface area contributed by atoms with Crippen LogP contribution in [0.3, 0.4) is 0 Å². The molecule has 1 fully saturated rings. The number of sulfonamides is 1. The van der Waals surface area contributed by atoms with E-state index in [1.807, 2.05) is 0 Å². The Balaban J connectivity index is 1.51. The monoisotopic (exact) mass is 392 g/mol. The highest BCUT2D eigenvalue weighted by Crippen LogP contribution is 2.22. The molecule has 1 aromatic carbocycles. The lowest BCUT2D eigenvalue weighted by Crippen LogP contribution is -2.53. The molecule has 0 spiro atoms. The predicted molar refractivity (Wildman–Crippen MR) is 105 cm³/mol. The summed E-state index contributed by atoms with van der Waals surface area (Å²) >= 11 is 0. The van der Waals surface area contributed by atoms with Crippen LogP contribution in [0.15, 0.2) is 34.2 Å². The van der Waals surface area contributed by atoms with Gasteiger partial charge in [0.05, 0.1) is 11.4 Å². The quantitative estimate of drug-likeness (QED) is 0.767. The topological polar surface area (TPSA) is 90.9 Å². The molecule has 2 aliphatic heterocycles. The summed E-state index contributed by atoms with van der Waals surface area (Å²) in [6.45, 7) is 7.30. The number of aliphatic imine (C=N–C) groups is 1. The molecule has 0 saturated carbocycles. The number of benzene rings is 1. The van der Waals surface area contributed by atoms with Crippen LogP contribution in [0.25, 0.3) is 0 Å². The van der Waals surface area contributed by atoms with E-state index >= 15 is 0 Å². The molecule has 2 N–H and O–H groups in total. The number of hydrogen-bond donors (Lipinski definition) is 2. The second-order valence-electron chi connectivity index (χ2n) is 7.72. The first-order valence-corrected chi connectivity index (χ1v) is 11.0. The van der Waals surface area contributed by atoms with Crippen molar-refractivity contribution in [2.24, 2.45) is 4.99 Å². The van der Waals surface area contributed by atoms with Crippen LogP contribution >= 0.6 is 0 Å². The van der Waals surface area contributed by atoms with Crippen molar-refractivity contribution in [2.75, 3.05) is 26.2 Å². The van der Waals surface area contributed by atoms with Crippen molar-refractivity contribution < 1.29 is 13.2 Å². The number of likely N-dealkylation sites (tertiary alicyclic amines) is 1. The van der Waals surface area contributed by atoms with Crippen LogP contribution in [-0.2, 0) is 14.8 Å². The van der Waals surface area contributed by atoms with Crippen LogP contribution in [0, 0.1) is 0 Å². The van der Waals surface area contributed by atoms with Gasteiger partial charge in [-0.2, -0.15) is 0 Å². The third-order valence-electron chi connectivity index (χ3n) is 5.20. The average molecular weight is 393 g/mol. The van der Waals surface area contributed by atoms with Crippen molar-refractivity contribution in [1.29, 1.82) is 0 Å². The standard InChI is InChI=1S/C19H28N4O3S/c1-19(2,23-12-6-3-7-13-23)14-21-17(24)10-11-20-18-15-8-4-5-9-16(15)27(25,26)22-18/h4-5,8-9H,3,6-7,10-14H2,1-2H3,(H,20,22)(H,21,24).